The number of halogens is 1. The maximum absolute atomic E-state index is 14.1. The Hall–Kier alpha value is -4.41. The number of ether oxygens (including phenoxy) is 4. The van der Waals surface area contributed by atoms with Crippen LogP contribution < -0.4 is 24.4 Å². The number of thiazole rings is 1. The molecule has 42 heavy (non-hydrogen) atoms. The summed E-state index contributed by atoms with van der Waals surface area (Å²) in [4.78, 5) is 44.0. The molecule has 2 heterocycles. The van der Waals surface area contributed by atoms with Gasteiger partial charge >= 0.3 is 11.9 Å². The molecule has 9 nitrogen and oxygen atoms in total. The van der Waals surface area contributed by atoms with Crippen LogP contribution in [0.3, 0.4) is 0 Å². The fourth-order valence-corrected chi connectivity index (χ4v) is 6.20. The van der Waals surface area contributed by atoms with Crippen LogP contribution in [0.5, 0.6) is 11.5 Å². The van der Waals surface area contributed by atoms with Crippen molar-refractivity contribution in [2.45, 2.75) is 19.9 Å². The first-order valence-corrected chi connectivity index (χ1v) is 14.2. The Labute approximate surface area is 249 Å². The van der Waals surface area contributed by atoms with E-state index in [9.17, 15) is 14.4 Å². The van der Waals surface area contributed by atoms with Crippen LogP contribution in [-0.4, -0.2) is 43.9 Å². The molecular formula is C31H27ClN2O7S. The highest BCUT2D eigenvalue weighted by Crippen LogP contribution is 2.37. The summed E-state index contributed by atoms with van der Waals surface area (Å²) >= 11 is 7.67. The Morgan fingerprint density at radius 1 is 1.12 bits per heavy atom. The van der Waals surface area contributed by atoms with Gasteiger partial charge in [0.15, 0.2) is 22.9 Å². The van der Waals surface area contributed by atoms with Crippen LogP contribution in [0.4, 0.5) is 0 Å². The molecule has 0 bridgehead atoms. The molecule has 216 valence electrons. The summed E-state index contributed by atoms with van der Waals surface area (Å²) in [5, 5.41) is 2.08. The number of allylic oxidation sites excluding steroid dienone is 1. The highest BCUT2D eigenvalue weighted by Gasteiger charge is 2.34. The van der Waals surface area contributed by atoms with Crippen molar-refractivity contribution in [3.63, 3.8) is 0 Å². The van der Waals surface area contributed by atoms with Crippen LogP contribution in [-0.2, 0) is 19.1 Å². The monoisotopic (exact) mass is 606 g/mol. The molecule has 0 saturated carbocycles. The van der Waals surface area contributed by atoms with Crippen LogP contribution in [0, 0.1) is 0 Å². The highest BCUT2D eigenvalue weighted by molar-refractivity contribution is 7.07. The molecule has 0 amide bonds. The largest absolute Gasteiger partial charge is 0.493 e. The standard InChI is InChI=1S/C31H27ClN2O7S/c1-5-40-30(37)26-17(2)33-31-34(27(26)21-12-8-10-19-9-6-7-11-20(19)21)29(36)24(42-31)15-18-13-22(32)28(23(14-18)38-3)41-16-25(35)39-4/h6-15,27H,5,16H2,1-4H3/b24-15+/t27-/m0/s1. The Balaban J connectivity index is 1.68. The minimum Gasteiger partial charge on any atom is -0.493 e. The third kappa shape index (κ3) is 5.43. The third-order valence-corrected chi connectivity index (χ3v) is 8.01. The zero-order valence-corrected chi connectivity index (χ0v) is 24.9. The minimum absolute atomic E-state index is 0.175. The molecule has 3 aromatic carbocycles. The van der Waals surface area contributed by atoms with Crippen LogP contribution in [0.25, 0.3) is 16.8 Å². The molecule has 4 aromatic rings. The normalized spacial score (nSPS) is 14.8. The van der Waals surface area contributed by atoms with E-state index < -0.39 is 18.0 Å². The first-order chi connectivity index (χ1) is 20.3. The minimum atomic E-state index is -0.749. The molecular weight excluding hydrogens is 580 g/mol. The van der Waals surface area contributed by atoms with Gasteiger partial charge in [-0.3, -0.25) is 9.36 Å². The van der Waals surface area contributed by atoms with E-state index in [1.807, 2.05) is 42.5 Å². The highest BCUT2D eigenvalue weighted by atomic mass is 35.5. The van der Waals surface area contributed by atoms with Gasteiger partial charge < -0.3 is 18.9 Å². The molecule has 0 aliphatic carbocycles. The lowest BCUT2D eigenvalue weighted by Crippen LogP contribution is -2.40. The Bertz CT molecular complexity index is 1920. The second-order valence-electron chi connectivity index (χ2n) is 9.27. The van der Waals surface area contributed by atoms with Gasteiger partial charge in [-0.15, -0.1) is 0 Å². The maximum atomic E-state index is 14.1. The number of fused-ring (bicyclic) bond motifs is 2. The molecule has 11 heteroatoms. The number of aromatic nitrogens is 1. The van der Waals surface area contributed by atoms with E-state index in [2.05, 4.69) is 9.73 Å². The van der Waals surface area contributed by atoms with Crippen LogP contribution >= 0.6 is 22.9 Å². The van der Waals surface area contributed by atoms with E-state index in [-0.39, 0.29) is 35.3 Å². The maximum Gasteiger partial charge on any atom is 0.343 e. The molecule has 1 aromatic heterocycles. The third-order valence-electron chi connectivity index (χ3n) is 6.75. The van der Waals surface area contributed by atoms with E-state index in [0.717, 1.165) is 16.3 Å². The summed E-state index contributed by atoms with van der Waals surface area (Å²) in [6.45, 7) is 3.32. The number of hydrogen-bond donors (Lipinski definition) is 0. The second kappa shape index (κ2) is 12.2. The fourth-order valence-electron chi connectivity index (χ4n) is 4.88. The molecule has 0 radical (unpaired) electrons. The van der Waals surface area contributed by atoms with Crippen molar-refractivity contribution in [3.05, 3.63) is 102 Å². The zero-order valence-electron chi connectivity index (χ0n) is 23.3. The summed E-state index contributed by atoms with van der Waals surface area (Å²) in [5.74, 6) is -0.644. The molecule has 5 rings (SSSR count). The average molecular weight is 607 g/mol. The molecule has 1 aliphatic rings. The van der Waals surface area contributed by atoms with E-state index in [0.29, 0.717) is 26.2 Å². The molecule has 1 aliphatic heterocycles. The lowest BCUT2D eigenvalue weighted by atomic mass is 9.91. The lowest BCUT2D eigenvalue weighted by Gasteiger charge is -2.25. The van der Waals surface area contributed by atoms with E-state index >= 15 is 0 Å². The van der Waals surface area contributed by atoms with E-state index in [1.54, 1.807) is 36.6 Å². The summed E-state index contributed by atoms with van der Waals surface area (Å²) in [6.07, 6.45) is 1.67. The zero-order chi connectivity index (χ0) is 30.0. The van der Waals surface area contributed by atoms with Crippen molar-refractivity contribution in [3.8, 4) is 11.5 Å². The quantitative estimate of drug-likeness (QED) is 0.277. The fraction of sp³-hybridized carbons (Fsp3) is 0.226. The SMILES string of the molecule is CCOC(=O)C1=C(C)N=c2s/c(=C/c3cc(Cl)c(OCC(=O)OC)c(OC)c3)c(=O)n2[C@H]1c1cccc2ccccc12. The van der Waals surface area contributed by atoms with Crippen LogP contribution in [0.15, 0.2) is 75.7 Å². The summed E-state index contributed by atoms with van der Waals surface area (Å²) in [7, 11) is 2.70. The Morgan fingerprint density at radius 2 is 1.88 bits per heavy atom. The molecule has 0 fully saturated rings. The predicted molar refractivity (Wildman–Crippen MR) is 160 cm³/mol. The number of methoxy groups -OCH3 is 2. The summed E-state index contributed by atoms with van der Waals surface area (Å²) in [6, 6.07) is 16.1. The number of carbonyl (C=O) groups excluding carboxylic acids is 2. The van der Waals surface area contributed by atoms with E-state index in [4.69, 9.17) is 25.8 Å². The molecule has 0 saturated heterocycles. The molecule has 0 unspecified atom stereocenters. The first kappa shape index (κ1) is 29.1. The average Bonchev–Trinajstić information content (AvgIpc) is 3.28. The number of carbonyl (C=O) groups is 2. The van der Waals surface area contributed by atoms with Gasteiger partial charge in [0.1, 0.15) is 0 Å². The lowest BCUT2D eigenvalue weighted by molar-refractivity contribution is -0.143. The van der Waals surface area contributed by atoms with Crippen LogP contribution in [0.2, 0.25) is 5.02 Å². The summed E-state index contributed by atoms with van der Waals surface area (Å²) in [5.41, 5.74) is 1.82. The van der Waals surface area contributed by atoms with Crippen molar-refractivity contribution < 1.29 is 28.5 Å². The van der Waals surface area contributed by atoms with E-state index in [1.165, 1.54) is 25.6 Å². The number of rotatable bonds is 8. The van der Waals surface area contributed by atoms with Crippen molar-refractivity contribution in [2.75, 3.05) is 27.4 Å². The van der Waals surface area contributed by atoms with Gasteiger partial charge in [-0.25, -0.2) is 14.6 Å². The van der Waals surface area contributed by atoms with Crippen molar-refractivity contribution in [1.82, 2.24) is 4.57 Å². The van der Waals surface area contributed by atoms with Gasteiger partial charge in [-0.05, 0) is 54.0 Å². The predicted octanol–water partition coefficient (Wildman–Crippen LogP) is 4.17. The second-order valence-corrected chi connectivity index (χ2v) is 10.7. The Morgan fingerprint density at radius 3 is 2.62 bits per heavy atom. The first-order valence-electron chi connectivity index (χ1n) is 13.0. The molecule has 0 N–H and O–H groups in total. The Kier molecular flexibility index (Phi) is 8.46. The number of benzene rings is 3. The van der Waals surface area contributed by atoms with Crippen molar-refractivity contribution in [2.24, 2.45) is 4.99 Å². The number of hydrogen-bond acceptors (Lipinski definition) is 9. The van der Waals surface area contributed by atoms with Crippen molar-refractivity contribution in [1.29, 1.82) is 0 Å². The van der Waals surface area contributed by atoms with Crippen LogP contribution in [0.1, 0.15) is 31.0 Å². The number of nitrogens with zero attached hydrogens (tertiary/aromatic N) is 2. The molecule has 0 spiro atoms. The summed E-state index contributed by atoms with van der Waals surface area (Å²) < 4.78 is 22.9. The smallest absolute Gasteiger partial charge is 0.343 e. The van der Waals surface area contributed by atoms with Gasteiger partial charge in [-0.1, -0.05) is 65.4 Å². The van der Waals surface area contributed by atoms with Crippen molar-refractivity contribution >= 4 is 51.7 Å². The van der Waals surface area contributed by atoms with Gasteiger partial charge in [0.25, 0.3) is 5.56 Å². The van der Waals surface area contributed by atoms with Gasteiger partial charge in [0, 0.05) is 0 Å². The topological polar surface area (TPSA) is 105 Å². The van der Waals surface area contributed by atoms with Gasteiger partial charge in [0.05, 0.1) is 47.7 Å². The van der Waals surface area contributed by atoms with Gasteiger partial charge in [-0.2, -0.15) is 0 Å². The molecule has 1 atom stereocenters. The number of esters is 2. The van der Waals surface area contributed by atoms with Gasteiger partial charge in [0.2, 0.25) is 0 Å².